The zero-order valence-corrected chi connectivity index (χ0v) is 11.4. The van der Waals surface area contributed by atoms with Gasteiger partial charge in [-0.25, -0.2) is 0 Å². The summed E-state index contributed by atoms with van der Waals surface area (Å²) in [5.41, 5.74) is 2.64. The van der Waals surface area contributed by atoms with Gasteiger partial charge in [-0.15, -0.1) is 0 Å². The highest BCUT2D eigenvalue weighted by Gasteiger charge is 2.16. The molecule has 1 aliphatic rings. The molecule has 0 bridgehead atoms. The highest BCUT2D eigenvalue weighted by atomic mass is 32.1. The molecule has 2 aromatic rings. The Bertz CT molecular complexity index is 689. The van der Waals surface area contributed by atoms with Gasteiger partial charge in [0.25, 0.3) is 0 Å². The Labute approximate surface area is 116 Å². The van der Waals surface area contributed by atoms with E-state index in [9.17, 15) is 0 Å². The van der Waals surface area contributed by atoms with Crippen LogP contribution in [0, 0.1) is 16.1 Å². The summed E-state index contributed by atoms with van der Waals surface area (Å²) in [4.78, 5) is 3.18. The lowest BCUT2D eigenvalue weighted by Gasteiger charge is -2.10. The predicted molar refractivity (Wildman–Crippen MR) is 75.4 cm³/mol. The maximum Gasteiger partial charge on any atom is 0.178 e. The van der Waals surface area contributed by atoms with Crippen LogP contribution in [0.25, 0.3) is 11.0 Å². The minimum Gasteiger partial charge on any atom is -0.378 e. The van der Waals surface area contributed by atoms with E-state index < -0.39 is 0 Å². The van der Waals surface area contributed by atoms with E-state index in [0.717, 1.165) is 43.4 Å². The molecule has 3 rings (SSSR count). The molecule has 1 aliphatic heterocycles. The zero-order chi connectivity index (χ0) is 13.2. The number of aryl methyl sites for hydroxylation is 1. The van der Waals surface area contributed by atoms with E-state index in [0.29, 0.717) is 16.4 Å². The molecule has 19 heavy (non-hydrogen) atoms. The Morgan fingerprint density at radius 3 is 3.16 bits per heavy atom. The van der Waals surface area contributed by atoms with Crippen LogP contribution < -0.4 is 0 Å². The molecule has 0 spiro atoms. The Kier molecular flexibility index (Phi) is 3.36. The van der Waals surface area contributed by atoms with Crippen molar-refractivity contribution in [3.8, 4) is 6.07 Å². The van der Waals surface area contributed by atoms with E-state index >= 15 is 0 Å². The zero-order valence-electron chi connectivity index (χ0n) is 10.6. The van der Waals surface area contributed by atoms with Crippen LogP contribution in [-0.4, -0.2) is 22.3 Å². The molecule has 2 heterocycles. The fraction of sp³-hybridized carbons (Fsp3) is 0.429. The van der Waals surface area contributed by atoms with Crippen molar-refractivity contribution in [2.75, 3.05) is 6.61 Å². The standard InChI is InChI=1S/C14H15N3OS/c15-9-10-3-4-12-13(8-10)17(14(19)16-12)6-5-11-2-1-7-18-11/h3-4,8,11H,1-2,5-7H2,(H,16,19). The molecule has 0 aliphatic carbocycles. The fourth-order valence-corrected chi connectivity index (χ4v) is 2.89. The first-order chi connectivity index (χ1) is 9.28. The summed E-state index contributed by atoms with van der Waals surface area (Å²) in [6.45, 7) is 1.71. The van der Waals surface area contributed by atoms with E-state index in [-0.39, 0.29) is 0 Å². The van der Waals surface area contributed by atoms with Gasteiger partial charge < -0.3 is 14.3 Å². The van der Waals surface area contributed by atoms with E-state index in [1.165, 1.54) is 0 Å². The van der Waals surface area contributed by atoms with Gasteiger partial charge in [-0.05, 0) is 49.7 Å². The highest BCUT2D eigenvalue weighted by Crippen LogP contribution is 2.20. The van der Waals surface area contributed by atoms with Gasteiger partial charge in [-0.3, -0.25) is 0 Å². The lowest BCUT2D eigenvalue weighted by atomic mass is 10.2. The molecule has 1 aromatic heterocycles. The number of fused-ring (bicyclic) bond motifs is 1. The second-order valence-corrected chi connectivity index (χ2v) is 5.24. The van der Waals surface area contributed by atoms with Gasteiger partial charge in [-0.2, -0.15) is 5.26 Å². The Balaban J connectivity index is 1.90. The second-order valence-electron chi connectivity index (χ2n) is 4.85. The number of nitriles is 1. The van der Waals surface area contributed by atoms with Gasteiger partial charge in [0.15, 0.2) is 4.77 Å². The summed E-state index contributed by atoms with van der Waals surface area (Å²) in [5, 5.41) is 8.98. The van der Waals surface area contributed by atoms with Crippen LogP contribution in [0.1, 0.15) is 24.8 Å². The summed E-state index contributed by atoms with van der Waals surface area (Å²) < 4.78 is 8.41. The van der Waals surface area contributed by atoms with E-state index in [2.05, 4.69) is 15.6 Å². The SMILES string of the molecule is N#Cc1ccc2[nH]c(=S)n(CCC3CCCO3)c2c1. The van der Waals surface area contributed by atoms with Crippen LogP contribution in [0.2, 0.25) is 0 Å². The minimum atomic E-state index is 0.353. The van der Waals surface area contributed by atoms with Crippen LogP contribution >= 0.6 is 12.2 Å². The van der Waals surface area contributed by atoms with Crippen LogP contribution in [0.5, 0.6) is 0 Å². The number of H-pyrrole nitrogens is 1. The molecule has 0 radical (unpaired) electrons. The van der Waals surface area contributed by atoms with Crippen LogP contribution in [0.4, 0.5) is 0 Å². The average Bonchev–Trinajstić information content (AvgIpc) is 3.03. The quantitative estimate of drug-likeness (QED) is 0.874. The Morgan fingerprint density at radius 2 is 2.42 bits per heavy atom. The van der Waals surface area contributed by atoms with Crippen molar-refractivity contribution in [2.45, 2.75) is 31.9 Å². The van der Waals surface area contributed by atoms with Gasteiger partial charge in [0, 0.05) is 13.2 Å². The maximum absolute atomic E-state index is 8.98. The van der Waals surface area contributed by atoms with Crippen LogP contribution in [0.15, 0.2) is 18.2 Å². The first-order valence-electron chi connectivity index (χ1n) is 6.52. The molecular formula is C14H15N3OS. The number of nitrogens with zero attached hydrogens (tertiary/aromatic N) is 2. The van der Waals surface area contributed by atoms with Crippen molar-refractivity contribution in [3.63, 3.8) is 0 Å². The van der Waals surface area contributed by atoms with Crippen molar-refractivity contribution < 1.29 is 4.74 Å². The van der Waals surface area contributed by atoms with E-state index in [1.54, 1.807) is 6.07 Å². The topological polar surface area (TPSA) is 53.7 Å². The molecule has 1 atom stereocenters. The highest BCUT2D eigenvalue weighted by molar-refractivity contribution is 7.71. The monoisotopic (exact) mass is 273 g/mol. The third-order valence-electron chi connectivity index (χ3n) is 3.60. The van der Waals surface area contributed by atoms with Gasteiger partial charge in [0.05, 0.1) is 28.8 Å². The number of ether oxygens (including phenoxy) is 1. The molecule has 98 valence electrons. The number of nitrogens with one attached hydrogen (secondary N) is 1. The van der Waals surface area contributed by atoms with Gasteiger partial charge in [0.2, 0.25) is 0 Å². The predicted octanol–water partition coefficient (Wildman–Crippen LogP) is 3.14. The second kappa shape index (κ2) is 5.16. The largest absolute Gasteiger partial charge is 0.378 e. The molecule has 1 unspecified atom stereocenters. The van der Waals surface area contributed by atoms with Crippen molar-refractivity contribution >= 4 is 23.3 Å². The molecule has 4 nitrogen and oxygen atoms in total. The number of imidazole rings is 1. The molecule has 1 saturated heterocycles. The van der Waals surface area contributed by atoms with Gasteiger partial charge in [0.1, 0.15) is 0 Å². The molecule has 5 heteroatoms. The van der Waals surface area contributed by atoms with Crippen molar-refractivity contribution in [3.05, 3.63) is 28.5 Å². The average molecular weight is 273 g/mol. The number of hydrogen-bond donors (Lipinski definition) is 1. The maximum atomic E-state index is 8.98. The smallest absolute Gasteiger partial charge is 0.178 e. The Hall–Kier alpha value is -1.64. The number of hydrogen-bond acceptors (Lipinski definition) is 3. The van der Waals surface area contributed by atoms with Crippen molar-refractivity contribution in [1.82, 2.24) is 9.55 Å². The number of aromatic nitrogens is 2. The molecule has 0 amide bonds. The first kappa shape index (κ1) is 12.4. The van der Waals surface area contributed by atoms with Crippen molar-refractivity contribution in [2.24, 2.45) is 0 Å². The minimum absolute atomic E-state index is 0.353. The fourth-order valence-electron chi connectivity index (χ4n) is 2.59. The summed E-state index contributed by atoms with van der Waals surface area (Å²) >= 11 is 5.36. The number of aromatic amines is 1. The summed E-state index contributed by atoms with van der Waals surface area (Å²) in [7, 11) is 0. The lowest BCUT2D eigenvalue weighted by Crippen LogP contribution is -2.10. The van der Waals surface area contributed by atoms with Crippen molar-refractivity contribution in [1.29, 1.82) is 5.26 Å². The normalized spacial score (nSPS) is 18.8. The van der Waals surface area contributed by atoms with E-state index in [1.807, 2.05) is 12.1 Å². The Morgan fingerprint density at radius 1 is 1.53 bits per heavy atom. The summed E-state index contributed by atoms with van der Waals surface area (Å²) in [6.07, 6.45) is 3.62. The van der Waals surface area contributed by atoms with Gasteiger partial charge >= 0.3 is 0 Å². The molecule has 0 saturated carbocycles. The third-order valence-corrected chi connectivity index (χ3v) is 3.93. The summed E-state index contributed by atoms with van der Waals surface area (Å²) in [6, 6.07) is 7.77. The number of rotatable bonds is 3. The van der Waals surface area contributed by atoms with Crippen LogP contribution in [-0.2, 0) is 11.3 Å². The van der Waals surface area contributed by atoms with Crippen LogP contribution in [0.3, 0.4) is 0 Å². The lowest BCUT2D eigenvalue weighted by molar-refractivity contribution is 0.101. The van der Waals surface area contributed by atoms with E-state index in [4.69, 9.17) is 22.2 Å². The first-order valence-corrected chi connectivity index (χ1v) is 6.93. The molecule has 1 fully saturated rings. The summed E-state index contributed by atoms with van der Waals surface area (Å²) in [5.74, 6) is 0. The third kappa shape index (κ3) is 2.42. The molecule has 1 N–H and O–H groups in total. The molecular weight excluding hydrogens is 258 g/mol. The van der Waals surface area contributed by atoms with Gasteiger partial charge in [-0.1, -0.05) is 0 Å². The molecule has 1 aromatic carbocycles. The number of benzene rings is 1.